The van der Waals surface area contributed by atoms with Gasteiger partial charge in [-0.1, -0.05) is 30.3 Å². The fourth-order valence-electron chi connectivity index (χ4n) is 2.11. The number of rotatable bonds is 5. The van der Waals surface area contributed by atoms with Crippen LogP contribution in [-0.4, -0.2) is 16.2 Å². The van der Waals surface area contributed by atoms with Gasteiger partial charge in [-0.05, 0) is 48.9 Å². The highest BCUT2D eigenvalue weighted by Crippen LogP contribution is 2.12. The van der Waals surface area contributed by atoms with Gasteiger partial charge in [0, 0.05) is 12.4 Å². The van der Waals surface area contributed by atoms with E-state index in [2.05, 4.69) is 30.1 Å². The van der Waals surface area contributed by atoms with Crippen molar-refractivity contribution >= 4 is 0 Å². The van der Waals surface area contributed by atoms with Crippen molar-refractivity contribution in [2.45, 2.75) is 32.3 Å². The van der Waals surface area contributed by atoms with Crippen LogP contribution >= 0.6 is 0 Å². The predicted octanol–water partition coefficient (Wildman–Crippen LogP) is 2.93. The van der Waals surface area contributed by atoms with Crippen LogP contribution in [-0.2, 0) is 12.8 Å². The van der Waals surface area contributed by atoms with Gasteiger partial charge < -0.3 is 5.11 Å². The van der Waals surface area contributed by atoms with Crippen molar-refractivity contribution in [3.8, 4) is 0 Å². The lowest BCUT2D eigenvalue weighted by Crippen LogP contribution is -2.12. The summed E-state index contributed by atoms with van der Waals surface area (Å²) in [6, 6.07) is 12.3. The Morgan fingerprint density at radius 2 is 2.00 bits per heavy atom. The van der Waals surface area contributed by atoms with Gasteiger partial charge in [0.15, 0.2) is 0 Å². The van der Waals surface area contributed by atoms with Crippen molar-refractivity contribution in [1.82, 2.24) is 4.98 Å². The first kappa shape index (κ1) is 12.8. The van der Waals surface area contributed by atoms with Crippen molar-refractivity contribution in [3.05, 3.63) is 65.5 Å². The Kier molecular flexibility index (Phi) is 4.48. The molecule has 2 rings (SSSR count). The minimum atomic E-state index is -0.297. The molecule has 1 heterocycles. The Hall–Kier alpha value is -1.67. The highest BCUT2D eigenvalue weighted by molar-refractivity contribution is 5.25. The van der Waals surface area contributed by atoms with E-state index in [0.717, 1.165) is 18.4 Å². The molecule has 0 saturated carbocycles. The van der Waals surface area contributed by atoms with E-state index in [0.29, 0.717) is 6.42 Å². The Labute approximate surface area is 108 Å². The third-order valence-electron chi connectivity index (χ3n) is 3.20. The Morgan fingerprint density at radius 3 is 2.72 bits per heavy atom. The molecular formula is C16H19NO. The van der Waals surface area contributed by atoms with Gasteiger partial charge in [-0.2, -0.15) is 0 Å². The topological polar surface area (TPSA) is 33.1 Å². The van der Waals surface area contributed by atoms with E-state index in [1.54, 1.807) is 6.20 Å². The summed E-state index contributed by atoms with van der Waals surface area (Å²) >= 11 is 0. The van der Waals surface area contributed by atoms with Crippen LogP contribution in [0.4, 0.5) is 0 Å². The summed E-state index contributed by atoms with van der Waals surface area (Å²) in [4.78, 5) is 4.06. The van der Waals surface area contributed by atoms with Gasteiger partial charge in [-0.15, -0.1) is 0 Å². The molecule has 1 atom stereocenters. The van der Waals surface area contributed by atoms with Gasteiger partial charge in [0.25, 0.3) is 0 Å². The first-order chi connectivity index (χ1) is 8.75. The molecular weight excluding hydrogens is 222 g/mol. The molecule has 0 aliphatic rings. The second-order valence-corrected chi connectivity index (χ2v) is 4.68. The summed E-state index contributed by atoms with van der Waals surface area (Å²) in [5.41, 5.74) is 3.71. The quantitative estimate of drug-likeness (QED) is 0.873. The summed E-state index contributed by atoms with van der Waals surface area (Å²) in [6.45, 7) is 2.11. The molecule has 0 spiro atoms. The maximum absolute atomic E-state index is 10.0. The van der Waals surface area contributed by atoms with E-state index in [1.807, 2.05) is 24.4 Å². The Bertz CT molecular complexity index is 481. The van der Waals surface area contributed by atoms with Crippen LogP contribution in [0.1, 0.15) is 23.1 Å². The van der Waals surface area contributed by atoms with Gasteiger partial charge in [-0.25, -0.2) is 0 Å². The molecule has 0 fully saturated rings. The third kappa shape index (κ3) is 3.67. The van der Waals surface area contributed by atoms with Crippen LogP contribution in [0.3, 0.4) is 0 Å². The standard InChI is InChI=1S/C16H19NO/c1-13-5-2-3-7-15(13)8-9-16(18)11-14-6-4-10-17-12-14/h2-7,10,12,16,18H,8-9,11H2,1H3. The highest BCUT2D eigenvalue weighted by atomic mass is 16.3. The molecule has 2 aromatic rings. The van der Waals surface area contributed by atoms with Crippen LogP contribution in [0.25, 0.3) is 0 Å². The molecule has 1 unspecified atom stereocenters. The molecule has 0 radical (unpaired) electrons. The van der Waals surface area contributed by atoms with Crippen molar-refractivity contribution in [3.63, 3.8) is 0 Å². The zero-order chi connectivity index (χ0) is 12.8. The second-order valence-electron chi connectivity index (χ2n) is 4.68. The molecule has 18 heavy (non-hydrogen) atoms. The van der Waals surface area contributed by atoms with E-state index in [4.69, 9.17) is 0 Å². The molecule has 0 aliphatic heterocycles. The number of aliphatic hydroxyl groups is 1. The fourth-order valence-corrected chi connectivity index (χ4v) is 2.11. The molecule has 94 valence electrons. The van der Waals surface area contributed by atoms with Crippen LogP contribution in [0.5, 0.6) is 0 Å². The number of hydrogen-bond acceptors (Lipinski definition) is 2. The number of aryl methyl sites for hydroxylation is 2. The Morgan fingerprint density at radius 1 is 1.17 bits per heavy atom. The van der Waals surface area contributed by atoms with Crippen molar-refractivity contribution in [2.75, 3.05) is 0 Å². The van der Waals surface area contributed by atoms with Crippen LogP contribution in [0.15, 0.2) is 48.8 Å². The van der Waals surface area contributed by atoms with E-state index < -0.39 is 0 Å². The molecule has 2 nitrogen and oxygen atoms in total. The lowest BCUT2D eigenvalue weighted by molar-refractivity contribution is 0.165. The number of aliphatic hydroxyl groups excluding tert-OH is 1. The molecule has 1 aromatic heterocycles. The van der Waals surface area contributed by atoms with Crippen LogP contribution < -0.4 is 0 Å². The normalized spacial score (nSPS) is 12.3. The maximum atomic E-state index is 10.0. The minimum Gasteiger partial charge on any atom is -0.393 e. The number of benzene rings is 1. The summed E-state index contributed by atoms with van der Waals surface area (Å²) in [6.07, 6.45) is 5.67. The smallest absolute Gasteiger partial charge is 0.0584 e. The van der Waals surface area contributed by atoms with Crippen molar-refractivity contribution in [2.24, 2.45) is 0 Å². The summed E-state index contributed by atoms with van der Waals surface area (Å²) in [7, 11) is 0. The second kappa shape index (κ2) is 6.31. The fraction of sp³-hybridized carbons (Fsp3) is 0.312. The van der Waals surface area contributed by atoms with Crippen molar-refractivity contribution in [1.29, 1.82) is 0 Å². The van der Waals surface area contributed by atoms with Crippen LogP contribution in [0, 0.1) is 6.92 Å². The van der Waals surface area contributed by atoms with E-state index in [9.17, 15) is 5.11 Å². The van der Waals surface area contributed by atoms with Gasteiger partial charge in [-0.3, -0.25) is 4.98 Å². The van der Waals surface area contributed by atoms with Gasteiger partial charge in [0.2, 0.25) is 0 Å². The summed E-state index contributed by atoms with van der Waals surface area (Å²) < 4.78 is 0. The summed E-state index contributed by atoms with van der Waals surface area (Å²) in [5.74, 6) is 0. The first-order valence-electron chi connectivity index (χ1n) is 6.37. The molecule has 1 aromatic carbocycles. The zero-order valence-corrected chi connectivity index (χ0v) is 10.7. The summed E-state index contributed by atoms with van der Waals surface area (Å²) in [5, 5.41) is 10.0. The van der Waals surface area contributed by atoms with Gasteiger partial charge in [0.05, 0.1) is 6.10 Å². The molecule has 0 aliphatic carbocycles. The van der Waals surface area contributed by atoms with Gasteiger partial charge >= 0.3 is 0 Å². The number of nitrogens with zero attached hydrogens (tertiary/aromatic N) is 1. The monoisotopic (exact) mass is 241 g/mol. The molecule has 0 bridgehead atoms. The van der Waals surface area contributed by atoms with E-state index in [-0.39, 0.29) is 6.10 Å². The maximum Gasteiger partial charge on any atom is 0.0584 e. The van der Waals surface area contributed by atoms with Crippen LogP contribution in [0.2, 0.25) is 0 Å². The largest absolute Gasteiger partial charge is 0.393 e. The Balaban J connectivity index is 1.86. The number of pyridine rings is 1. The zero-order valence-electron chi connectivity index (χ0n) is 10.7. The minimum absolute atomic E-state index is 0.297. The lowest BCUT2D eigenvalue weighted by atomic mass is 9.99. The molecule has 1 N–H and O–H groups in total. The number of aromatic nitrogens is 1. The SMILES string of the molecule is Cc1ccccc1CCC(O)Cc1cccnc1. The van der Waals surface area contributed by atoms with E-state index >= 15 is 0 Å². The molecule has 0 saturated heterocycles. The third-order valence-corrected chi connectivity index (χ3v) is 3.20. The van der Waals surface area contributed by atoms with Gasteiger partial charge in [0.1, 0.15) is 0 Å². The average molecular weight is 241 g/mol. The highest BCUT2D eigenvalue weighted by Gasteiger charge is 2.07. The molecule has 2 heteroatoms. The number of hydrogen-bond donors (Lipinski definition) is 1. The van der Waals surface area contributed by atoms with E-state index in [1.165, 1.54) is 11.1 Å². The lowest BCUT2D eigenvalue weighted by Gasteiger charge is -2.11. The predicted molar refractivity (Wildman–Crippen MR) is 73.4 cm³/mol. The first-order valence-corrected chi connectivity index (χ1v) is 6.37. The van der Waals surface area contributed by atoms with Crippen molar-refractivity contribution < 1.29 is 5.11 Å². The molecule has 0 amide bonds. The average Bonchev–Trinajstić information content (AvgIpc) is 2.39.